The van der Waals surface area contributed by atoms with Crippen molar-refractivity contribution >= 4 is 0 Å². The van der Waals surface area contributed by atoms with E-state index in [4.69, 9.17) is 5.73 Å². The first-order valence-corrected chi connectivity index (χ1v) is 5.22. The Labute approximate surface area is 77.7 Å². The third kappa shape index (κ3) is 4.76. The maximum absolute atomic E-state index is 5.74. The van der Waals surface area contributed by atoms with Crippen LogP contribution in [0.4, 0.5) is 0 Å². The van der Waals surface area contributed by atoms with Gasteiger partial charge in [-0.15, -0.1) is 0 Å². The molecule has 0 saturated heterocycles. The van der Waals surface area contributed by atoms with E-state index < -0.39 is 0 Å². The summed E-state index contributed by atoms with van der Waals surface area (Å²) in [4.78, 5) is 0. The lowest BCUT2D eigenvalue weighted by Gasteiger charge is -2.29. The molecular weight excluding hydrogens is 146 g/mol. The van der Waals surface area contributed by atoms with Gasteiger partial charge in [0.05, 0.1) is 0 Å². The van der Waals surface area contributed by atoms with E-state index in [1.54, 1.807) is 0 Å². The fraction of sp³-hybridized carbons (Fsp3) is 1.00. The third-order valence-corrected chi connectivity index (χ3v) is 2.67. The minimum absolute atomic E-state index is 0.391. The Kier molecular flexibility index (Phi) is 5.56. The Hall–Kier alpha value is -0.0400. The van der Waals surface area contributed by atoms with Gasteiger partial charge in [0.1, 0.15) is 0 Å². The van der Waals surface area contributed by atoms with Crippen LogP contribution in [0.2, 0.25) is 0 Å². The van der Waals surface area contributed by atoms with E-state index in [-0.39, 0.29) is 0 Å². The van der Waals surface area contributed by atoms with Gasteiger partial charge in [0.15, 0.2) is 0 Å². The highest BCUT2D eigenvalue weighted by Crippen LogP contribution is 2.29. The molecule has 1 heteroatoms. The molecule has 0 aliphatic carbocycles. The normalized spacial score (nSPS) is 14.8. The summed E-state index contributed by atoms with van der Waals surface area (Å²) in [7, 11) is 0. The Morgan fingerprint density at radius 3 is 2.08 bits per heavy atom. The number of hydrogen-bond donors (Lipinski definition) is 1. The highest BCUT2D eigenvalue weighted by Gasteiger charge is 2.22. The lowest BCUT2D eigenvalue weighted by atomic mass is 9.78. The molecule has 0 aromatic rings. The molecule has 0 aromatic carbocycles. The molecule has 2 N–H and O–H groups in total. The first-order chi connectivity index (χ1) is 5.52. The Morgan fingerprint density at radius 1 is 1.17 bits per heavy atom. The molecular formula is C11H25N. The van der Waals surface area contributed by atoms with Gasteiger partial charge in [0, 0.05) is 0 Å². The van der Waals surface area contributed by atoms with Gasteiger partial charge in [-0.1, -0.05) is 47.0 Å². The van der Waals surface area contributed by atoms with E-state index in [0.29, 0.717) is 11.3 Å². The predicted octanol–water partition coefficient (Wildman–Crippen LogP) is 3.19. The summed E-state index contributed by atoms with van der Waals surface area (Å²) < 4.78 is 0. The van der Waals surface area contributed by atoms with Crippen LogP contribution in [0.1, 0.15) is 53.4 Å². The molecule has 0 heterocycles. The number of nitrogens with two attached hydrogens (primary N) is 1. The molecule has 1 nitrogen and oxygen atoms in total. The third-order valence-electron chi connectivity index (χ3n) is 2.67. The lowest BCUT2D eigenvalue weighted by Crippen LogP contribution is -2.27. The van der Waals surface area contributed by atoms with Crippen molar-refractivity contribution in [3.8, 4) is 0 Å². The molecule has 0 aliphatic rings. The van der Waals surface area contributed by atoms with Gasteiger partial charge in [-0.05, 0) is 24.3 Å². The lowest BCUT2D eigenvalue weighted by molar-refractivity contribution is 0.227. The van der Waals surface area contributed by atoms with Crippen LogP contribution in [0, 0.1) is 11.3 Å². The molecule has 0 fully saturated rings. The zero-order valence-electron chi connectivity index (χ0n) is 9.19. The molecule has 0 saturated carbocycles. The van der Waals surface area contributed by atoms with Crippen molar-refractivity contribution in [2.24, 2.45) is 17.1 Å². The van der Waals surface area contributed by atoms with Gasteiger partial charge in [-0.2, -0.15) is 0 Å². The minimum atomic E-state index is 0.391. The summed E-state index contributed by atoms with van der Waals surface area (Å²) in [5.41, 5.74) is 6.13. The van der Waals surface area contributed by atoms with E-state index >= 15 is 0 Å². The first kappa shape index (κ1) is 12.0. The van der Waals surface area contributed by atoms with Crippen molar-refractivity contribution in [2.45, 2.75) is 53.4 Å². The highest BCUT2D eigenvalue weighted by molar-refractivity contribution is 4.74. The van der Waals surface area contributed by atoms with Crippen LogP contribution in [0.15, 0.2) is 0 Å². The van der Waals surface area contributed by atoms with Gasteiger partial charge in [0.2, 0.25) is 0 Å². The van der Waals surface area contributed by atoms with Gasteiger partial charge in [-0.25, -0.2) is 0 Å². The zero-order valence-corrected chi connectivity index (χ0v) is 9.19. The van der Waals surface area contributed by atoms with Crippen LogP contribution in [0.5, 0.6) is 0 Å². The summed E-state index contributed by atoms with van der Waals surface area (Å²) in [6.45, 7) is 9.95. The second-order valence-electron chi connectivity index (χ2n) is 4.79. The fourth-order valence-corrected chi connectivity index (χ4v) is 1.55. The number of unbranched alkanes of at least 4 members (excludes halogenated alkanes) is 2. The molecule has 1 unspecified atom stereocenters. The molecule has 0 radical (unpaired) electrons. The summed E-state index contributed by atoms with van der Waals surface area (Å²) >= 11 is 0. The van der Waals surface area contributed by atoms with Crippen molar-refractivity contribution in [1.82, 2.24) is 0 Å². The van der Waals surface area contributed by atoms with E-state index in [1.165, 1.54) is 25.7 Å². The van der Waals surface area contributed by atoms with Gasteiger partial charge < -0.3 is 5.73 Å². The zero-order chi connectivity index (χ0) is 9.61. The smallest absolute Gasteiger partial charge is 0.00439 e. The second kappa shape index (κ2) is 5.58. The summed E-state index contributed by atoms with van der Waals surface area (Å²) in [5, 5.41) is 0. The van der Waals surface area contributed by atoms with Crippen LogP contribution >= 0.6 is 0 Å². The van der Waals surface area contributed by atoms with Crippen LogP contribution in [0.25, 0.3) is 0 Å². The van der Waals surface area contributed by atoms with Gasteiger partial charge >= 0.3 is 0 Å². The molecule has 0 aliphatic heterocycles. The molecule has 0 spiro atoms. The van der Waals surface area contributed by atoms with Crippen LogP contribution in [0.3, 0.4) is 0 Å². The van der Waals surface area contributed by atoms with Crippen molar-refractivity contribution in [2.75, 3.05) is 6.54 Å². The van der Waals surface area contributed by atoms with E-state index in [0.717, 1.165) is 6.54 Å². The second-order valence-corrected chi connectivity index (χ2v) is 4.79. The van der Waals surface area contributed by atoms with Gasteiger partial charge in [0.25, 0.3) is 0 Å². The molecule has 0 bridgehead atoms. The van der Waals surface area contributed by atoms with Crippen molar-refractivity contribution in [3.63, 3.8) is 0 Å². The maximum atomic E-state index is 5.74. The summed E-state index contributed by atoms with van der Waals surface area (Å²) in [6, 6.07) is 0. The largest absolute Gasteiger partial charge is 0.330 e. The van der Waals surface area contributed by atoms with Crippen LogP contribution in [-0.2, 0) is 0 Å². The maximum Gasteiger partial charge on any atom is -0.00439 e. The monoisotopic (exact) mass is 171 g/mol. The first-order valence-electron chi connectivity index (χ1n) is 5.22. The minimum Gasteiger partial charge on any atom is -0.330 e. The van der Waals surface area contributed by atoms with E-state index in [2.05, 4.69) is 27.7 Å². The van der Waals surface area contributed by atoms with Crippen molar-refractivity contribution in [1.29, 1.82) is 0 Å². The quantitative estimate of drug-likeness (QED) is 0.632. The van der Waals surface area contributed by atoms with E-state index in [9.17, 15) is 0 Å². The molecule has 0 amide bonds. The molecule has 0 aromatic heterocycles. The fourth-order valence-electron chi connectivity index (χ4n) is 1.55. The average Bonchev–Trinajstić information content (AvgIpc) is 1.95. The Balaban J connectivity index is 3.68. The standard InChI is InChI=1S/C11H25N/c1-5-6-7-8-10(9-12)11(2,3)4/h10H,5-9,12H2,1-4H3. The van der Waals surface area contributed by atoms with E-state index in [1.807, 2.05) is 0 Å². The number of hydrogen-bond acceptors (Lipinski definition) is 1. The topological polar surface area (TPSA) is 26.0 Å². The number of rotatable bonds is 5. The Bertz CT molecular complexity index is 102. The SMILES string of the molecule is CCCCCC(CN)C(C)(C)C. The van der Waals surface area contributed by atoms with Crippen LogP contribution < -0.4 is 5.73 Å². The van der Waals surface area contributed by atoms with Crippen molar-refractivity contribution < 1.29 is 0 Å². The molecule has 12 heavy (non-hydrogen) atoms. The molecule has 0 rings (SSSR count). The predicted molar refractivity (Wildman–Crippen MR) is 56.1 cm³/mol. The Morgan fingerprint density at radius 2 is 1.75 bits per heavy atom. The molecule has 1 atom stereocenters. The average molecular weight is 171 g/mol. The molecule has 74 valence electrons. The summed E-state index contributed by atoms with van der Waals surface area (Å²) in [6.07, 6.45) is 5.30. The highest BCUT2D eigenvalue weighted by atomic mass is 14.6. The van der Waals surface area contributed by atoms with Gasteiger partial charge in [-0.3, -0.25) is 0 Å². The summed E-state index contributed by atoms with van der Waals surface area (Å²) in [5.74, 6) is 0.698. The van der Waals surface area contributed by atoms with Crippen LogP contribution in [-0.4, -0.2) is 6.54 Å². The van der Waals surface area contributed by atoms with Crippen molar-refractivity contribution in [3.05, 3.63) is 0 Å².